The molecule has 0 saturated heterocycles. The van der Waals surface area contributed by atoms with Gasteiger partial charge in [-0.3, -0.25) is 4.79 Å². The lowest BCUT2D eigenvalue weighted by molar-refractivity contribution is 0.0950. The molecule has 146 valence electrons. The van der Waals surface area contributed by atoms with Gasteiger partial charge >= 0.3 is 0 Å². The molecule has 0 aliphatic carbocycles. The van der Waals surface area contributed by atoms with E-state index in [-0.39, 0.29) is 10.8 Å². The molecule has 0 unspecified atom stereocenters. The van der Waals surface area contributed by atoms with Crippen molar-refractivity contribution in [3.05, 3.63) is 65.2 Å². The van der Waals surface area contributed by atoms with Gasteiger partial charge in [0.25, 0.3) is 5.91 Å². The lowest BCUT2D eigenvalue weighted by Gasteiger charge is -2.11. The monoisotopic (exact) mass is 389 g/mol. The van der Waals surface area contributed by atoms with Gasteiger partial charge in [-0.15, -0.1) is 0 Å². The highest BCUT2D eigenvalue weighted by Crippen LogP contribution is 2.12. The topological polar surface area (TPSA) is 78.5 Å². The molecule has 0 aliphatic rings. The molecule has 1 amide bonds. The SMILES string of the molecule is Cc1ccccc1CNC(=O)c1cccc(S(=O)(=O)NCCCN(C)C)c1. The zero-order valence-electron chi connectivity index (χ0n) is 16.0. The van der Waals surface area contributed by atoms with E-state index in [1.54, 1.807) is 12.1 Å². The van der Waals surface area contributed by atoms with E-state index in [0.29, 0.717) is 25.1 Å². The van der Waals surface area contributed by atoms with Crippen LogP contribution in [0.5, 0.6) is 0 Å². The largest absolute Gasteiger partial charge is 0.348 e. The van der Waals surface area contributed by atoms with E-state index in [9.17, 15) is 13.2 Å². The maximum Gasteiger partial charge on any atom is 0.251 e. The fourth-order valence-corrected chi connectivity index (χ4v) is 3.70. The van der Waals surface area contributed by atoms with Crippen molar-refractivity contribution in [2.75, 3.05) is 27.2 Å². The van der Waals surface area contributed by atoms with Crippen LogP contribution in [0.15, 0.2) is 53.4 Å². The van der Waals surface area contributed by atoms with Crippen molar-refractivity contribution in [3.8, 4) is 0 Å². The van der Waals surface area contributed by atoms with Crippen molar-refractivity contribution in [3.63, 3.8) is 0 Å². The maximum absolute atomic E-state index is 12.4. The second-order valence-corrected chi connectivity index (χ2v) is 8.46. The van der Waals surface area contributed by atoms with Gasteiger partial charge in [0.15, 0.2) is 0 Å². The molecule has 0 fully saturated rings. The molecule has 0 saturated carbocycles. The van der Waals surface area contributed by atoms with Gasteiger partial charge in [-0.25, -0.2) is 13.1 Å². The fourth-order valence-electron chi connectivity index (χ4n) is 2.58. The van der Waals surface area contributed by atoms with Gasteiger partial charge in [0.2, 0.25) is 10.0 Å². The zero-order valence-corrected chi connectivity index (χ0v) is 16.8. The molecule has 0 spiro atoms. The first-order valence-electron chi connectivity index (χ1n) is 8.87. The molecular weight excluding hydrogens is 362 g/mol. The van der Waals surface area contributed by atoms with E-state index in [0.717, 1.165) is 17.7 Å². The number of sulfonamides is 1. The van der Waals surface area contributed by atoms with E-state index in [1.165, 1.54) is 12.1 Å². The summed E-state index contributed by atoms with van der Waals surface area (Å²) in [4.78, 5) is 14.5. The molecule has 0 aliphatic heterocycles. The molecule has 27 heavy (non-hydrogen) atoms. The van der Waals surface area contributed by atoms with Crippen molar-refractivity contribution >= 4 is 15.9 Å². The number of amides is 1. The molecule has 0 radical (unpaired) electrons. The van der Waals surface area contributed by atoms with Crippen LogP contribution < -0.4 is 10.0 Å². The van der Waals surface area contributed by atoms with Crippen LogP contribution in [0.4, 0.5) is 0 Å². The van der Waals surface area contributed by atoms with Gasteiger partial charge in [0.1, 0.15) is 0 Å². The van der Waals surface area contributed by atoms with Crippen molar-refractivity contribution < 1.29 is 13.2 Å². The number of hydrogen-bond acceptors (Lipinski definition) is 4. The minimum absolute atomic E-state index is 0.0934. The van der Waals surface area contributed by atoms with Gasteiger partial charge in [-0.05, 0) is 63.3 Å². The second-order valence-electron chi connectivity index (χ2n) is 6.69. The van der Waals surface area contributed by atoms with E-state index in [2.05, 4.69) is 10.0 Å². The highest BCUT2D eigenvalue weighted by Gasteiger charge is 2.16. The van der Waals surface area contributed by atoms with Crippen LogP contribution in [0.3, 0.4) is 0 Å². The summed E-state index contributed by atoms with van der Waals surface area (Å²) >= 11 is 0. The summed E-state index contributed by atoms with van der Waals surface area (Å²) in [5.74, 6) is -0.303. The number of carbonyl (C=O) groups is 1. The minimum Gasteiger partial charge on any atom is -0.348 e. The number of benzene rings is 2. The molecule has 0 aromatic heterocycles. The quantitative estimate of drug-likeness (QED) is 0.644. The van der Waals surface area contributed by atoms with Crippen LogP contribution in [-0.2, 0) is 16.6 Å². The summed E-state index contributed by atoms with van der Waals surface area (Å²) < 4.78 is 27.4. The Kier molecular flexibility index (Phi) is 7.53. The van der Waals surface area contributed by atoms with E-state index in [4.69, 9.17) is 0 Å². The first-order valence-corrected chi connectivity index (χ1v) is 10.3. The molecule has 7 heteroatoms. The Hall–Kier alpha value is -2.22. The Bertz CT molecular complexity index is 880. The predicted molar refractivity (Wildman–Crippen MR) is 107 cm³/mol. The third-order valence-corrected chi connectivity index (χ3v) is 5.64. The highest BCUT2D eigenvalue weighted by molar-refractivity contribution is 7.89. The lowest BCUT2D eigenvalue weighted by atomic mass is 10.1. The van der Waals surface area contributed by atoms with Crippen LogP contribution in [0.1, 0.15) is 27.9 Å². The number of carbonyl (C=O) groups excluding carboxylic acids is 1. The van der Waals surface area contributed by atoms with Gasteiger partial charge in [0.05, 0.1) is 4.90 Å². The van der Waals surface area contributed by atoms with E-state index >= 15 is 0 Å². The first-order chi connectivity index (χ1) is 12.8. The second kappa shape index (κ2) is 9.64. The van der Waals surface area contributed by atoms with Crippen molar-refractivity contribution in [1.29, 1.82) is 0 Å². The number of nitrogens with zero attached hydrogens (tertiary/aromatic N) is 1. The average Bonchev–Trinajstić information content (AvgIpc) is 2.64. The molecule has 0 bridgehead atoms. The third kappa shape index (κ3) is 6.46. The van der Waals surface area contributed by atoms with Crippen LogP contribution in [0, 0.1) is 6.92 Å². The normalized spacial score (nSPS) is 11.6. The first kappa shape index (κ1) is 21.1. The van der Waals surface area contributed by atoms with Crippen LogP contribution in [-0.4, -0.2) is 46.4 Å². The van der Waals surface area contributed by atoms with Crippen molar-refractivity contribution in [1.82, 2.24) is 14.9 Å². The third-order valence-electron chi connectivity index (χ3n) is 4.18. The van der Waals surface area contributed by atoms with E-state index in [1.807, 2.05) is 50.2 Å². The molecular formula is C20H27N3O3S. The Morgan fingerprint density at radius 1 is 1.07 bits per heavy atom. The van der Waals surface area contributed by atoms with Gasteiger partial charge in [-0.2, -0.15) is 0 Å². The summed E-state index contributed by atoms with van der Waals surface area (Å²) in [6.07, 6.45) is 0.711. The maximum atomic E-state index is 12.4. The summed E-state index contributed by atoms with van der Waals surface area (Å²) in [5, 5.41) is 2.84. The van der Waals surface area contributed by atoms with Gasteiger partial charge in [-0.1, -0.05) is 30.3 Å². The highest BCUT2D eigenvalue weighted by atomic mass is 32.2. The molecule has 2 aromatic carbocycles. The van der Waals surface area contributed by atoms with Crippen LogP contribution >= 0.6 is 0 Å². The standard InChI is InChI=1S/C20H27N3O3S/c1-16-8-4-5-9-18(16)15-21-20(24)17-10-6-11-19(14-17)27(25,26)22-12-7-13-23(2)3/h4-6,8-11,14,22H,7,12-13,15H2,1-3H3,(H,21,24). The molecule has 2 rings (SSSR count). The van der Waals surface area contributed by atoms with Crippen LogP contribution in [0.25, 0.3) is 0 Å². The summed E-state index contributed by atoms with van der Waals surface area (Å²) in [7, 11) is 0.239. The number of hydrogen-bond donors (Lipinski definition) is 2. The average molecular weight is 390 g/mol. The lowest BCUT2D eigenvalue weighted by Crippen LogP contribution is -2.28. The number of aryl methyl sites for hydroxylation is 1. The predicted octanol–water partition coefficient (Wildman–Crippen LogP) is 2.16. The van der Waals surface area contributed by atoms with Gasteiger partial charge in [0, 0.05) is 18.7 Å². The van der Waals surface area contributed by atoms with E-state index < -0.39 is 10.0 Å². The molecule has 0 atom stereocenters. The summed E-state index contributed by atoms with van der Waals surface area (Å²) in [6.45, 7) is 3.52. The molecule has 6 nitrogen and oxygen atoms in total. The molecule has 0 heterocycles. The summed E-state index contributed by atoms with van der Waals surface area (Å²) in [6, 6.07) is 13.9. The molecule has 2 N–H and O–H groups in total. The Balaban J connectivity index is 2.01. The smallest absolute Gasteiger partial charge is 0.251 e. The summed E-state index contributed by atoms with van der Waals surface area (Å²) in [5.41, 5.74) is 2.44. The number of rotatable bonds is 9. The Morgan fingerprint density at radius 2 is 1.81 bits per heavy atom. The van der Waals surface area contributed by atoms with Crippen LogP contribution in [0.2, 0.25) is 0 Å². The zero-order chi connectivity index (χ0) is 19.9. The van der Waals surface area contributed by atoms with Crippen molar-refractivity contribution in [2.45, 2.75) is 24.8 Å². The minimum atomic E-state index is -3.64. The number of nitrogens with one attached hydrogen (secondary N) is 2. The Morgan fingerprint density at radius 3 is 2.52 bits per heavy atom. The fraction of sp³-hybridized carbons (Fsp3) is 0.350. The van der Waals surface area contributed by atoms with Gasteiger partial charge < -0.3 is 10.2 Å². The molecule has 2 aromatic rings. The van der Waals surface area contributed by atoms with Crippen molar-refractivity contribution in [2.24, 2.45) is 0 Å². The Labute approximate surface area is 161 Å².